The molecule has 0 unspecified atom stereocenters. The summed E-state index contributed by atoms with van der Waals surface area (Å²) in [5.74, 6) is 0. The molecule has 1 aromatic rings. The van der Waals surface area contributed by atoms with E-state index in [0.717, 1.165) is 15.5 Å². The van der Waals surface area contributed by atoms with Crippen molar-refractivity contribution in [2.75, 3.05) is 0 Å². The maximum absolute atomic E-state index is 5.79. The lowest BCUT2D eigenvalue weighted by atomic mass is 10.2. The number of halogens is 2. The van der Waals surface area contributed by atoms with Gasteiger partial charge in [0.1, 0.15) is 0 Å². The Kier molecular flexibility index (Phi) is 2.90. The minimum Gasteiger partial charge on any atom is -0.0841 e. The van der Waals surface area contributed by atoms with Gasteiger partial charge in [0.2, 0.25) is 0 Å². The minimum absolute atomic E-state index is 0.787. The second kappa shape index (κ2) is 3.51. The zero-order valence-corrected chi connectivity index (χ0v) is 7.72. The molecule has 0 aliphatic rings. The van der Waals surface area contributed by atoms with Gasteiger partial charge in [-0.3, -0.25) is 0 Å². The fourth-order valence-electron chi connectivity index (χ4n) is 0.665. The van der Waals surface area contributed by atoms with Crippen LogP contribution in [0.15, 0.2) is 23.1 Å². The fraction of sp³-hybridized carbons (Fsp3) is 0.143. The van der Waals surface area contributed by atoms with Gasteiger partial charge >= 0.3 is 0 Å². The average Bonchev–Trinajstić information content (AvgIpc) is 1.95. The van der Waals surface area contributed by atoms with Crippen molar-refractivity contribution in [1.82, 2.24) is 0 Å². The molecule has 3 heteroatoms. The Bertz CT molecular complexity index is 235. The van der Waals surface area contributed by atoms with Crippen molar-refractivity contribution < 1.29 is 0 Å². The van der Waals surface area contributed by atoms with E-state index in [1.165, 1.54) is 11.0 Å². The first-order valence-corrected chi connectivity index (χ1v) is 4.81. The molecule has 54 valence electrons. The lowest BCUT2D eigenvalue weighted by Crippen LogP contribution is -1.74. The Hall–Kier alpha value is 0.150. The molecule has 0 spiro atoms. The van der Waals surface area contributed by atoms with E-state index in [1.54, 1.807) is 0 Å². The third-order valence-electron chi connectivity index (χ3n) is 1.22. The molecule has 0 aliphatic carbocycles. The molecule has 0 aliphatic heterocycles. The van der Waals surface area contributed by atoms with Crippen LogP contribution in [0.5, 0.6) is 0 Å². The van der Waals surface area contributed by atoms with Crippen LogP contribution >= 0.6 is 33.3 Å². The summed E-state index contributed by atoms with van der Waals surface area (Å²) in [5.41, 5.74) is 1.06. The largest absolute Gasteiger partial charge is 0.0841 e. The van der Waals surface area contributed by atoms with E-state index in [-0.39, 0.29) is 0 Å². The first-order chi connectivity index (χ1) is 4.74. The van der Waals surface area contributed by atoms with Crippen LogP contribution in [0.1, 0.15) is 5.56 Å². The van der Waals surface area contributed by atoms with Crippen molar-refractivity contribution in [2.45, 2.75) is 11.8 Å². The summed E-state index contributed by atoms with van der Waals surface area (Å²) in [6, 6.07) is 5.70. The summed E-state index contributed by atoms with van der Waals surface area (Å²) in [5, 5.41) is 0.787. The Labute approximate surface area is 74.0 Å². The van der Waals surface area contributed by atoms with E-state index in [2.05, 4.69) is 0 Å². The molecule has 0 atom stereocenters. The van der Waals surface area contributed by atoms with Crippen LogP contribution < -0.4 is 0 Å². The van der Waals surface area contributed by atoms with Gasteiger partial charge in [0.25, 0.3) is 0 Å². The first-order valence-electron chi connectivity index (χ1n) is 2.79. The second-order valence-corrected chi connectivity index (χ2v) is 3.48. The molecule has 1 rings (SSSR count). The van der Waals surface area contributed by atoms with Crippen LogP contribution in [-0.2, 0) is 0 Å². The molecule has 10 heavy (non-hydrogen) atoms. The maximum Gasteiger partial charge on any atom is 0.0435 e. The van der Waals surface area contributed by atoms with Crippen molar-refractivity contribution in [1.29, 1.82) is 0 Å². The third kappa shape index (κ3) is 1.82. The first kappa shape index (κ1) is 8.25. The predicted molar refractivity (Wildman–Crippen MR) is 47.9 cm³/mol. The summed E-state index contributed by atoms with van der Waals surface area (Å²) < 4.78 is 0. The van der Waals surface area contributed by atoms with E-state index in [9.17, 15) is 0 Å². The molecule has 0 fully saturated rings. The molecule has 0 aromatic heterocycles. The monoisotopic (exact) mass is 192 g/mol. The maximum atomic E-state index is 5.79. The van der Waals surface area contributed by atoms with Crippen molar-refractivity contribution in [3.05, 3.63) is 28.8 Å². The molecule has 0 nitrogen and oxygen atoms in total. The highest BCUT2D eigenvalue weighted by atomic mass is 35.7. The summed E-state index contributed by atoms with van der Waals surface area (Å²) in [6.45, 7) is 1.96. The van der Waals surface area contributed by atoms with Gasteiger partial charge in [-0.25, -0.2) is 0 Å². The molecule has 0 saturated heterocycles. The molecule has 0 saturated carbocycles. The van der Waals surface area contributed by atoms with Crippen molar-refractivity contribution in [3.8, 4) is 0 Å². The zero-order chi connectivity index (χ0) is 7.56. The van der Waals surface area contributed by atoms with Gasteiger partial charge < -0.3 is 0 Å². The number of hydrogen-bond acceptors (Lipinski definition) is 1. The highest BCUT2D eigenvalue weighted by Crippen LogP contribution is 2.25. The lowest BCUT2D eigenvalue weighted by Gasteiger charge is -1.97. The zero-order valence-electron chi connectivity index (χ0n) is 5.40. The lowest BCUT2D eigenvalue weighted by molar-refractivity contribution is 1.37. The Balaban J connectivity index is 3.04. The molecule has 0 bridgehead atoms. The van der Waals surface area contributed by atoms with E-state index in [1.807, 2.05) is 25.1 Å². The SMILES string of the molecule is Cc1cc(SCl)ccc1Cl. The van der Waals surface area contributed by atoms with Crippen LogP contribution in [0.25, 0.3) is 0 Å². The smallest absolute Gasteiger partial charge is 0.0435 e. The van der Waals surface area contributed by atoms with Gasteiger partial charge in [-0.2, -0.15) is 0 Å². The van der Waals surface area contributed by atoms with E-state index >= 15 is 0 Å². The third-order valence-corrected chi connectivity index (χ3v) is 2.61. The van der Waals surface area contributed by atoms with Crippen LogP contribution in [0.3, 0.4) is 0 Å². The van der Waals surface area contributed by atoms with Crippen molar-refractivity contribution >= 4 is 33.3 Å². The second-order valence-electron chi connectivity index (χ2n) is 1.99. The fourth-order valence-corrected chi connectivity index (χ4v) is 1.41. The van der Waals surface area contributed by atoms with Gasteiger partial charge in [-0.1, -0.05) is 11.6 Å². The Morgan fingerprint density at radius 3 is 2.60 bits per heavy atom. The van der Waals surface area contributed by atoms with E-state index in [4.69, 9.17) is 22.3 Å². The summed E-state index contributed by atoms with van der Waals surface area (Å²) in [4.78, 5) is 1.03. The molecule has 0 heterocycles. The molecule has 0 N–H and O–H groups in total. The van der Waals surface area contributed by atoms with Gasteiger partial charge in [-0.05, 0) is 52.3 Å². The summed E-state index contributed by atoms with van der Waals surface area (Å²) in [6.07, 6.45) is 0. The van der Waals surface area contributed by atoms with Crippen LogP contribution in [0.2, 0.25) is 5.02 Å². The quantitative estimate of drug-likeness (QED) is 0.651. The number of rotatable bonds is 1. The van der Waals surface area contributed by atoms with Crippen molar-refractivity contribution in [2.24, 2.45) is 0 Å². The van der Waals surface area contributed by atoms with E-state index < -0.39 is 0 Å². The Morgan fingerprint density at radius 1 is 1.40 bits per heavy atom. The van der Waals surface area contributed by atoms with Crippen molar-refractivity contribution in [3.63, 3.8) is 0 Å². The molecular formula is C7H6Cl2S. The van der Waals surface area contributed by atoms with Crippen LogP contribution in [0.4, 0.5) is 0 Å². The Morgan fingerprint density at radius 2 is 2.10 bits per heavy atom. The topological polar surface area (TPSA) is 0 Å². The molecule has 0 amide bonds. The molecule has 0 radical (unpaired) electrons. The van der Waals surface area contributed by atoms with Crippen LogP contribution in [0, 0.1) is 6.92 Å². The number of aryl methyl sites for hydroxylation is 1. The number of hydrogen-bond donors (Lipinski definition) is 0. The minimum atomic E-state index is 0.787. The van der Waals surface area contributed by atoms with Gasteiger partial charge in [0, 0.05) is 9.92 Å². The van der Waals surface area contributed by atoms with Gasteiger partial charge in [0.15, 0.2) is 0 Å². The average molecular weight is 193 g/mol. The highest BCUT2D eigenvalue weighted by molar-refractivity contribution is 8.21. The molecular weight excluding hydrogens is 187 g/mol. The number of benzene rings is 1. The van der Waals surface area contributed by atoms with E-state index in [0.29, 0.717) is 0 Å². The summed E-state index contributed by atoms with van der Waals surface area (Å²) in [7, 11) is 6.73. The van der Waals surface area contributed by atoms with Crippen LogP contribution in [-0.4, -0.2) is 0 Å². The molecule has 1 aromatic carbocycles. The van der Waals surface area contributed by atoms with Gasteiger partial charge in [-0.15, -0.1) is 0 Å². The normalized spacial score (nSPS) is 9.90. The predicted octanol–water partition coefficient (Wildman–Crippen LogP) is 3.89. The summed E-state index contributed by atoms with van der Waals surface area (Å²) >= 11 is 5.79. The van der Waals surface area contributed by atoms with Gasteiger partial charge in [0.05, 0.1) is 0 Å². The highest BCUT2D eigenvalue weighted by Gasteiger charge is 1.95. The standard InChI is InChI=1S/C7H6Cl2S/c1-5-4-6(10-9)2-3-7(5)8/h2-4H,1H3.